The van der Waals surface area contributed by atoms with E-state index in [4.69, 9.17) is 0 Å². The first kappa shape index (κ1) is 17.7. The predicted octanol–water partition coefficient (Wildman–Crippen LogP) is 3.48. The summed E-state index contributed by atoms with van der Waals surface area (Å²) in [6.07, 6.45) is -2.60. The van der Waals surface area contributed by atoms with Crippen LogP contribution >= 0.6 is 0 Å². The molecule has 2 heterocycles. The Hall–Kier alpha value is -2.15. The van der Waals surface area contributed by atoms with E-state index in [0.29, 0.717) is 12.4 Å². The van der Waals surface area contributed by atoms with Crippen LogP contribution in [-0.2, 0) is 12.7 Å². The van der Waals surface area contributed by atoms with Gasteiger partial charge in [0.15, 0.2) is 0 Å². The van der Waals surface area contributed by atoms with Gasteiger partial charge in [-0.3, -0.25) is 9.69 Å². The van der Waals surface area contributed by atoms with Gasteiger partial charge in [-0.1, -0.05) is 18.2 Å². The zero-order valence-electron chi connectivity index (χ0n) is 13.9. The molecule has 0 amide bonds. The molecule has 1 aliphatic rings. The fourth-order valence-corrected chi connectivity index (χ4v) is 3.43. The molecular weight excluding hydrogens is 331 g/mol. The van der Waals surface area contributed by atoms with Crippen molar-refractivity contribution in [1.29, 1.82) is 0 Å². The number of hydrogen-bond acceptors (Lipinski definition) is 3. The van der Waals surface area contributed by atoms with E-state index < -0.39 is 11.7 Å². The molecule has 0 radical (unpaired) electrons. The predicted molar refractivity (Wildman–Crippen MR) is 88.3 cm³/mol. The molecule has 1 aliphatic heterocycles. The Bertz CT molecular complexity index is 801. The minimum absolute atomic E-state index is 0.0628. The van der Waals surface area contributed by atoms with E-state index in [-0.39, 0.29) is 23.6 Å². The van der Waals surface area contributed by atoms with Gasteiger partial charge >= 0.3 is 6.18 Å². The minimum Gasteiger partial charge on any atom is -0.311 e. The molecule has 1 saturated heterocycles. The number of nitrogens with one attached hydrogen (secondary N) is 1. The zero-order chi connectivity index (χ0) is 18.0. The molecule has 1 unspecified atom stereocenters. The molecule has 134 valence electrons. The maximum atomic E-state index is 13.2. The Kier molecular flexibility index (Phi) is 4.94. The lowest BCUT2D eigenvalue weighted by Crippen LogP contribution is -2.35. The number of nitrogens with zero attached hydrogens (tertiary/aromatic N) is 2. The van der Waals surface area contributed by atoms with Gasteiger partial charge in [-0.05, 0) is 37.9 Å². The van der Waals surface area contributed by atoms with Crippen molar-refractivity contribution in [2.45, 2.75) is 38.4 Å². The molecule has 25 heavy (non-hydrogen) atoms. The van der Waals surface area contributed by atoms with Crippen molar-refractivity contribution in [2.75, 3.05) is 13.1 Å². The van der Waals surface area contributed by atoms with Crippen LogP contribution in [0, 0.1) is 6.92 Å². The van der Waals surface area contributed by atoms with Crippen LogP contribution in [0.2, 0.25) is 0 Å². The fraction of sp³-hybridized carbons (Fsp3) is 0.444. The Morgan fingerprint density at radius 1 is 1.32 bits per heavy atom. The fourth-order valence-electron chi connectivity index (χ4n) is 3.43. The topological polar surface area (TPSA) is 49.0 Å². The monoisotopic (exact) mass is 351 g/mol. The molecule has 1 fully saturated rings. The van der Waals surface area contributed by atoms with Crippen molar-refractivity contribution in [3.05, 3.63) is 63.3 Å². The summed E-state index contributed by atoms with van der Waals surface area (Å²) >= 11 is 0. The second-order valence-corrected chi connectivity index (χ2v) is 6.48. The highest BCUT2D eigenvalue weighted by molar-refractivity contribution is 5.29. The zero-order valence-corrected chi connectivity index (χ0v) is 13.9. The van der Waals surface area contributed by atoms with Gasteiger partial charge in [0, 0.05) is 25.1 Å². The molecule has 4 nitrogen and oxygen atoms in total. The molecule has 1 aromatic heterocycles. The highest BCUT2D eigenvalue weighted by Crippen LogP contribution is 2.33. The van der Waals surface area contributed by atoms with Crippen molar-refractivity contribution < 1.29 is 13.2 Å². The first-order valence-corrected chi connectivity index (χ1v) is 8.28. The first-order chi connectivity index (χ1) is 11.8. The Labute approximate surface area is 143 Å². The average molecular weight is 351 g/mol. The molecule has 0 spiro atoms. The third kappa shape index (κ3) is 4.28. The van der Waals surface area contributed by atoms with E-state index >= 15 is 0 Å². The van der Waals surface area contributed by atoms with Gasteiger partial charge in [0.2, 0.25) is 0 Å². The molecule has 7 heteroatoms. The quantitative estimate of drug-likeness (QED) is 0.921. The maximum absolute atomic E-state index is 13.2. The summed E-state index contributed by atoms with van der Waals surface area (Å²) in [6.45, 7) is 3.31. The summed E-state index contributed by atoms with van der Waals surface area (Å²) < 4.78 is 39.5. The maximum Gasteiger partial charge on any atom is 0.416 e. The summed E-state index contributed by atoms with van der Waals surface area (Å²) in [5.74, 6) is 0.620. The number of aryl methyl sites for hydroxylation is 1. The number of halogens is 3. The van der Waals surface area contributed by atoms with Crippen molar-refractivity contribution >= 4 is 0 Å². The summed E-state index contributed by atoms with van der Waals surface area (Å²) in [4.78, 5) is 20.7. The van der Waals surface area contributed by atoms with Crippen molar-refractivity contribution in [1.82, 2.24) is 14.9 Å². The Balaban J connectivity index is 1.78. The second kappa shape index (κ2) is 7.00. The van der Waals surface area contributed by atoms with Crippen LogP contribution in [0.15, 0.2) is 35.1 Å². The van der Waals surface area contributed by atoms with Crippen molar-refractivity contribution in [3.63, 3.8) is 0 Å². The summed E-state index contributed by atoms with van der Waals surface area (Å²) in [5.41, 5.74) is 0.227. The van der Waals surface area contributed by atoms with Gasteiger partial charge in [0.25, 0.3) is 5.56 Å². The number of piperidine rings is 1. The minimum atomic E-state index is -4.35. The van der Waals surface area contributed by atoms with E-state index in [2.05, 4.69) is 9.97 Å². The molecule has 0 saturated carbocycles. The number of aromatic amines is 1. The molecule has 2 aromatic rings. The van der Waals surface area contributed by atoms with Crippen LogP contribution < -0.4 is 5.56 Å². The molecule has 3 rings (SSSR count). The highest BCUT2D eigenvalue weighted by atomic mass is 19.4. The Morgan fingerprint density at radius 3 is 2.80 bits per heavy atom. The summed E-state index contributed by atoms with van der Waals surface area (Å²) in [7, 11) is 0. The van der Waals surface area contributed by atoms with Crippen LogP contribution in [0.4, 0.5) is 13.2 Å². The largest absolute Gasteiger partial charge is 0.416 e. The third-order valence-corrected chi connectivity index (χ3v) is 4.52. The van der Waals surface area contributed by atoms with Crippen LogP contribution in [0.25, 0.3) is 0 Å². The van der Waals surface area contributed by atoms with Crippen molar-refractivity contribution in [2.24, 2.45) is 0 Å². The second-order valence-electron chi connectivity index (χ2n) is 6.48. The highest BCUT2D eigenvalue weighted by Gasteiger charge is 2.33. The number of aromatic nitrogens is 2. The molecule has 1 atom stereocenters. The van der Waals surface area contributed by atoms with Gasteiger partial charge in [-0.15, -0.1) is 0 Å². The van der Waals surface area contributed by atoms with E-state index in [1.165, 1.54) is 18.2 Å². The van der Waals surface area contributed by atoms with Gasteiger partial charge in [-0.2, -0.15) is 13.2 Å². The number of H-pyrrole nitrogens is 1. The average Bonchev–Trinajstić information content (AvgIpc) is 2.54. The summed E-state index contributed by atoms with van der Waals surface area (Å²) in [5, 5.41) is 0. The number of hydrogen-bond donors (Lipinski definition) is 1. The third-order valence-electron chi connectivity index (χ3n) is 4.52. The lowest BCUT2D eigenvalue weighted by Gasteiger charge is -2.33. The molecule has 1 aromatic carbocycles. The standard InChI is InChI=1S/C18H20F3N3O/c1-12-22-16(9-17(25)23-12)14-6-4-8-24(11-14)10-13-5-2-3-7-15(13)18(19,20)21/h2-3,5,7,9,14H,4,6,8,10-11H2,1H3,(H,22,23,25). The number of benzene rings is 1. The molecule has 0 aliphatic carbocycles. The van der Waals surface area contributed by atoms with Gasteiger partial charge < -0.3 is 4.98 Å². The first-order valence-electron chi connectivity index (χ1n) is 8.28. The Morgan fingerprint density at radius 2 is 2.08 bits per heavy atom. The number of alkyl halides is 3. The SMILES string of the molecule is Cc1nc(C2CCCN(Cc3ccccc3C(F)(F)F)C2)cc(=O)[nH]1. The van der Waals surface area contributed by atoms with Crippen LogP contribution in [0.1, 0.15) is 41.4 Å². The van der Waals surface area contributed by atoms with Crippen LogP contribution in [-0.4, -0.2) is 28.0 Å². The molecule has 1 N–H and O–H groups in total. The van der Waals surface area contributed by atoms with Crippen LogP contribution in [0.5, 0.6) is 0 Å². The van der Waals surface area contributed by atoms with E-state index in [9.17, 15) is 18.0 Å². The number of likely N-dealkylation sites (tertiary alicyclic amines) is 1. The van der Waals surface area contributed by atoms with E-state index in [1.54, 1.807) is 13.0 Å². The van der Waals surface area contributed by atoms with E-state index in [1.807, 2.05) is 4.90 Å². The molecule has 0 bridgehead atoms. The number of rotatable bonds is 3. The lowest BCUT2D eigenvalue weighted by atomic mass is 9.93. The van der Waals surface area contributed by atoms with Gasteiger partial charge in [0.1, 0.15) is 5.82 Å². The summed E-state index contributed by atoms with van der Waals surface area (Å²) in [6, 6.07) is 7.19. The smallest absolute Gasteiger partial charge is 0.311 e. The molecular formula is C18H20F3N3O. The van der Waals surface area contributed by atoms with E-state index in [0.717, 1.165) is 31.1 Å². The normalized spacial score (nSPS) is 19.1. The van der Waals surface area contributed by atoms with Gasteiger partial charge in [0.05, 0.1) is 11.3 Å². The lowest BCUT2D eigenvalue weighted by molar-refractivity contribution is -0.138. The van der Waals surface area contributed by atoms with Crippen LogP contribution in [0.3, 0.4) is 0 Å². The van der Waals surface area contributed by atoms with Crippen molar-refractivity contribution in [3.8, 4) is 0 Å². The van der Waals surface area contributed by atoms with Gasteiger partial charge in [-0.25, -0.2) is 4.98 Å².